The molecule has 22 heavy (non-hydrogen) atoms. The summed E-state index contributed by atoms with van der Waals surface area (Å²) in [6.07, 6.45) is 0.234. The van der Waals surface area contributed by atoms with E-state index in [0.29, 0.717) is 5.69 Å². The van der Waals surface area contributed by atoms with Gasteiger partial charge in [0.15, 0.2) is 0 Å². The molecular weight excluding hydrogens is 282 g/mol. The van der Waals surface area contributed by atoms with Crippen molar-refractivity contribution in [3.8, 4) is 0 Å². The van der Waals surface area contributed by atoms with Crippen LogP contribution in [0.3, 0.4) is 0 Å². The van der Waals surface area contributed by atoms with E-state index in [0.717, 1.165) is 5.56 Å². The molecule has 5 nitrogen and oxygen atoms in total. The van der Waals surface area contributed by atoms with Gasteiger partial charge in [-0.05, 0) is 17.7 Å². The first kappa shape index (κ1) is 15.6. The topological polar surface area (TPSA) is 77.8 Å². The molecule has 114 valence electrons. The maximum atomic E-state index is 11.7. The Bertz CT molecular complexity index is 628. The van der Waals surface area contributed by atoms with Crippen LogP contribution < -0.4 is 4.90 Å². The van der Waals surface area contributed by atoms with Crippen molar-refractivity contribution >= 4 is 17.6 Å². The second-order valence-electron chi connectivity index (χ2n) is 4.90. The lowest BCUT2D eigenvalue weighted by Gasteiger charge is -2.29. The number of carbonyl (C=O) groups is 2. The number of nitrogens with zero attached hydrogens (tertiary/aromatic N) is 1. The summed E-state index contributed by atoms with van der Waals surface area (Å²) in [6, 6.07) is 17.0. The van der Waals surface area contributed by atoms with Crippen LogP contribution in [-0.4, -0.2) is 34.7 Å². The summed E-state index contributed by atoms with van der Waals surface area (Å²) < 4.78 is 0. The fourth-order valence-electron chi connectivity index (χ4n) is 2.31. The molecule has 0 saturated heterocycles. The van der Waals surface area contributed by atoms with Crippen LogP contribution in [0.25, 0.3) is 0 Å². The summed E-state index contributed by atoms with van der Waals surface area (Å²) in [5.74, 6) is -2.11. The molecule has 2 aromatic carbocycles. The highest BCUT2D eigenvalue weighted by Gasteiger charge is 2.27. The van der Waals surface area contributed by atoms with E-state index in [1.165, 1.54) is 4.90 Å². The van der Waals surface area contributed by atoms with E-state index in [-0.39, 0.29) is 13.0 Å². The van der Waals surface area contributed by atoms with Crippen molar-refractivity contribution < 1.29 is 19.8 Å². The lowest BCUT2D eigenvalue weighted by Crippen LogP contribution is -2.45. The number of aliphatic carboxylic acids is 2. The van der Waals surface area contributed by atoms with Crippen molar-refractivity contribution in [3.05, 3.63) is 66.2 Å². The SMILES string of the molecule is O=C(O)CN(c1ccccc1)C(Cc1ccccc1)C(=O)O. The quantitative estimate of drug-likeness (QED) is 0.820. The van der Waals surface area contributed by atoms with Crippen LogP contribution >= 0.6 is 0 Å². The van der Waals surface area contributed by atoms with Crippen LogP contribution in [0, 0.1) is 0 Å². The fourth-order valence-corrected chi connectivity index (χ4v) is 2.31. The van der Waals surface area contributed by atoms with Gasteiger partial charge in [-0.3, -0.25) is 4.79 Å². The summed E-state index contributed by atoms with van der Waals surface area (Å²) in [6.45, 7) is -0.367. The predicted molar refractivity (Wildman–Crippen MR) is 83.0 cm³/mol. The number of rotatable bonds is 7. The maximum absolute atomic E-state index is 11.7. The van der Waals surface area contributed by atoms with Crippen molar-refractivity contribution in [1.82, 2.24) is 0 Å². The first-order valence-electron chi connectivity index (χ1n) is 6.88. The van der Waals surface area contributed by atoms with Crippen LogP contribution in [0.5, 0.6) is 0 Å². The van der Waals surface area contributed by atoms with Gasteiger partial charge in [-0.15, -0.1) is 0 Å². The van der Waals surface area contributed by atoms with E-state index < -0.39 is 18.0 Å². The van der Waals surface area contributed by atoms with E-state index in [1.807, 2.05) is 30.3 Å². The standard InChI is InChI=1S/C17H17NO4/c19-16(20)12-18(14-9-5-2-6-10-14)15(17(21)22)11-13-7-3-1-4-8-13/h1-10,15H,11-12H2,(H,19,20)(H,21,22). The lowest BCUT2D eigenvalue weighted by molar-refractivity contribution is -0.139. The normalized spacial score (nSPS) is 11.6. The fraction of sp³-hybridized carbons (Fsp3) is 0.176. The molecule has 0 aliphatic rings. The lowest BCUT2D eigenvalue weighted by atomic mass is 10.0. The molecule has 2 rings (SSSR count). The Morgan fingerprint density at radius 3 is 1.95 bits per heavy atom. The van der Waals surface area contributed by atoms with Gasteiger partial charge in [0.05, 0.1) is 0 Å². The third kappa shape index (κ3) is 4.09. The maximum Gasteiger partial charge on any atom is 0.326 e. The smallest absolute Gasteiger partial charge is 0.326 e. The van der Waals surface area contributed by atoms with Crippen LogP contribution in [0.15, 0.2) is 60.7 Å². The second kappa shape index (κ2) is 7.26. The molecule has 1 atom stereocenters. The van der Waals surface area contributed by atoms with Crippen molar-refractivity contribution in [2.75, 3.05) is 11.4 Å². The van der Waals surface area contributed by atoms with Crippen LogP contribution in [-0.2, 0) is 16.0 Å². The first-order valence-corrected chi connectivity index (χ1v) is 6.88. The molecule has 0 aliphatic heterocycles. The number of carboxylic acids is 2. The molecule has 0 aliphatic carbocycles. The number of para-hydroxylation sites is 1. The summed E-state index contributed by atoms with van der Waals surface area (Å²) in [7, 11) is 0. The van der Waals surface area contributed by atoms with Gasteiger partial charge in [0.25, 0.3) is 0 Å². The first-order chi connectivity index (χ1) is 10.6. The zero-order valence-electron chi connectivity index (χ0n) is 11.9. The molecule has 0 aromatic heterocycles. The van der Waals surface area contributed by atoms with E-state index >= 15 is 0 Å². The minimum atomic E-state index is -1.07. The van der Waals surface area contributed by atoms with E-state index in [2.05, 4.69) is 0 Å². The Morgan fingerprint density at radius 1 is 0.909 bits per heavy atom. The van der Waals surface area contributed by atoms with E-state index in [1.54, 1.807) is 30.3 Å². The van der Waals surface area contributed by atoms with Gasteiger partial charge < -0.3 is 15.1 Å². The van der Waals surface area contributed by atoms with Crippen LogP contribution in [0.2, 0.25) is 0 Å². The Labute approximate surface area is 128 Å². The number of benzene rings is 2. The highest BCUT2D eigenvalue weighted by molar-refractivity contribution is 5.82. The third-order valence-electron chi connectivity index (χ3n) is 3.33. The number of anilines is 1. The van der Waals surface area contributed by atoms with Gasteiger partial charge in [-0.2, -0.15) is 0 Å². The van der Waals surface area contributed by atoms with Crippen molar-refractivity contribution in [2.45, 2.75) is 12.5 Å². The minimum absolute atomic E-state index is 0.234. The predicted octanol–water partition coefficient (Wildman–Crippen LogP) is 2.27. The Morgan fingerprint density at radius 2 is 1.45 bits per heavy atom. The zero-order chi connectivity index (χ0) is 15.9. The molecular formula is C17H17NO4. The summed E-state index contributed by atoms with van der Waals surface area (Å²) >= 11 is 0. The number of carboxylic acid groups (broad SMARTS) is 2. The van der Waals surface area contributed by atoms with E-state index in [9.17, 15) is 14.7 Å². The van der Waals surface area contributed by atoms with Gasteiger partial charge in [0.2, 0.25) is 0 Å². The molecule has 0 radical (unpaired) electrons. The summed E-state index contributed by atoms with van der Waals surface area (Å²) in [5.41, 5.74) is 1.43. The van der Waals surface area contributed by atoms with Crippen molar-refractivity contribution in [1.29, 1.82) is 0 Å². The summed E-state index contributed by atoms with van der Waals surface area (Å²) in [5, 5.41) is 18.7. The zero-order valence-corrected chi connectivity index (χ0v) is 11.9. The molecule has 0 bridgehead atoms. The van der Waals surface area contributed by atoms with Crippen molar-refractivity contribution in [2.24, 2.45) is 0 Å². The number of hydrogen-bond donors (Lipinski definition) is 2. The van der Waals surface area contributed by atoms with Gasteiger partial charge in [0.1, 0.15) is 12.6 Å². The Hall–Kier alpha value is -2.82. The Kier molecular flexibility index (Phi) is 5.14. The average Bonchev–Trinajstić information content (AvgIpc) is 2.52. The average molecular weight is 299 g/mol. The molecule has 5 heteroatoms. The van der Waals surface area contributed by atoms with Gasteiger partial charge in [0, 0.05) is 12.1 Å². The molecule has 0 heterocycles. The summed E-state index contributed by atoms with van der Waals surface area (Å²) in [4.78, 5) is 24.2. The second-order valence-corrected chi connectivity index (χ2v) is 4.90. The molecule has 0 amide bonds. The van der Waals surface area contributed by atoms with Gasteiger partial charge >= 0.3 is 11.9 Å². The molecule has 2 aromatic rings. The van der Waals surface area contributed by atoms with Crippen LogP contribution in [0.1, 0.15) is 5.56 Å². The monoisotopic (exact) mass is 299 g/mol. The van der Waals surface area contributed by atoms with E-state index in [4.69, 9.17) is 5.11 Å². The Balaban J connectivity index is 2.32. The van der Waals surface area contributed by atoms with Crippen LogP contribution in [0.4, 0.5) is 5.69 Å². The molecule has 0 fully saturated rings. The van der Waals surface area contributed by atoms with Gasteiger partial charge in [-0.1, -0.05) is 48.5 Å². The largest absolute Gasteiger partial charge is 0.480 e. The highest BCUT2D eigenvalue weighted by Crippen LogP contribution is 2.19. The third-order valence-corrected chi connectivity index (χ3v) is 3.33. The minimum Gasteiger partial charge on any atom is -0.480 e. The number of hydrogen-bond acceptors (Lipinski definition) is 3. The molecule has 0 saturated carbocycles. The molecule has 2 N–H and O–H groups in total. The molecule has 1 unspecified atom stereocenters. The molecule has 0 spiro atoms. The highest BCUT2D eigenvalue weighted by atomic mass is 16.4. The van der Waals surface area contributed by atoms with Crippen molar-refractivity contribution in [3.63, 3.8) is 0 Å². The van der Waals surface area contributed by atoms with Gasteiger partial charge in [-0.25, -0.2) is 4.79 Å².